The zero-order chi connectivity index (χ0) is 8.72. The van der Waals surface area contributed by atoms with Crippen LogP contribution in [0, 0.1) is 5.92 Å². The van der Waals surface area contributed by atoms with Gasteiger partial charge in [-0.3, -0.25) is 0 Å². The van der Waals surface area contributed by atoms with Crippen molar-refractivity contribution >= 4 is 0 Å². The van der Waals surface area contributed by atoms with Gasteiger partial charge in [-0.25, -0.2) is 0 Å². The fourth-order valence-electron chi connectivity index (χ4n) is 2.34. The van der Waals surface area contributed by atoms with Crippen molar-refractivity contribution in [2.24, 2.45) is 5.92 Å². The van der Waals surface area contributed by atoms with Crippen molar-refractivity contribution in [2.75, 3.05) is 6.54 Å². The number of fused-ring (bicyclic) bond motifs is 1. The highest BCUT2D eigenvalue weighted by atomic mass is 16.4. The first-order chi connectivity index (χ1) is 5.70. The van der Waals surface area contributed by atoms with E-state index in [-0.39, 0.29) is 12.0 Å². The minimum Gasteiger partial charge on any atom is -0.390 e. The molecule has 0 bridgehead atoms. The Balaban J connectivity index is 2.10. The van der Waals surface area contributed by atoms with E-state index in [0.29, 0.717) is 6.42 Å². The van der Waals surface area contributed by atoms with Gasteiger partial charge in [-0.1, -0.05) is 0 Å². The largest absolute Gasteiger partial charge is 0.390 e. The zero-order valence-corrected chi connectivity index (χ0v) is 6.85. The van der Waals surface area contributed by atoms with E-state index in [4.69, 9.17) is 0 Å². The predicted octanol–water partition coefficient (Wildman–Crippen LogP) is -1.55. The maximum atomic E-state index is 9.57. The van der Waals surface area contributed by atoms with Crippen molar-refractivity contribution in [3.8, 4) is 0 Å². The minimum atomic E-state index is -0.953. The summed E-state index contributed by atoms with van der Waals surface area (Å²) < 4.78 is 0. The molecule has 4 heteroatoms. The van der Waals surface area contributed by atoms with Crippen molar-refractivity contribution in [2.45, 2.75) is 37.2 Å². The first kappa shape index (κ1) is 8.44. The molecule has 12 heavy (non-hydrogen) atoms. The zero-order valence-electron chi connectivity index (χ0n) is 6.85. The van der Waals surface area contributed by atoms with Crippen LogP contribution in [-0.2, 0) is 0 Å². The quantitative estimate of drug-likeness (QED) is 0.358. The first-order valence-electron chi connectivity index (χ1n) is 4.47. The molecule has 0 unspecified atom stereocenters. The highest BCUT2D eigenvalue weighted by Crippen LogP contribution is 2.31. The molecular formula is C8H15NO3. The van der Waals surface area contributed by atoms with Crippen LogP contribution in [0.5, 0.6) is 0 Å². The minimum absolute atomic E-state index is 0.128. The molecule has 1 saturated heterocycles. The molecule has 0 amide bonds. The number of hydrogen-bond donors (Lipinski definition) is 4. The van der Waals surface area contributed by atoms with E-state index in [0.717, 1.165) is 13.0 Å². The van der Waals surface area contributed by atoms with Crippen LogP contribution in [0.4, 0.5) is 0 Å². The van der Waals surface area contributed by atoms with E-state index in [9.17, 15) is 15.3 Å². The molecule has 0 radical (unpaired) electrons. The summed E-state index contributed by atoms with van der Waals surface area (Å²) in [4.78, 5) is 0. The molecule has 1 aliphatic carbocycles. The molecule has 5 atom stereocenters. The Morgan fingerprint density at radius 3 is 2.58 bits per heavy atom. The summed E-state index contributed by atoms with van der Waals surface area (Å²) in [5.74, 6) is 0.128. The third-order valence-electron chi connectivity index (χ3n) is 3.08. The Hall–Kier alpha value is -0.160. The normalized spacial score (nSPS) is 53.8. The molecule has 1 heterocycles. The average Bonchev–Trinajstić information content (AvgIpc) is 2.48. The first-order valence-corrected chi connectivity index (χ1v) is 4.47. The van der Waals surface area contributed by atoms with Crippen molar-refractivity contribution < 1.29 is 15.3 Å². The van der Waals surface area contributed by atoms with Gasteiger partial charge in [0.15, 0.2) is 0 Å². The van der Waals surface area contributed by atoms with E-state index in [1.807, 2.05) is 0 Å². The van der Waals surface area contributed by atoms with Crippen molar-refractivity contribution in [1.29, 1.82) is 0 Å². The lowest BCUT2D eigenvalue weighted by Gasteiger charge is -2.37. The Bertz CT molecular complexity index is 176. The molecule has 1 aliphatic heterocycles. The summed E-state index contributed by atoms with van der Waals surface area (Å²) in [5, 5.41) is 31.5. The third kappa shape index (κ3) is 1.15. The lowest BCUT2D eigenvalue weighted by Crippen LogP contribution is -2.53. The second-order valence-electron chi connectivity index (χ2n) is 3.80. The molecule has 1 saturated carbocycles. The van der Waals surface area contributed by atoms with Gasteiger partial charge < -0.3 is 20.6 Å². The predicted molar refractivity (Wildman–Crippen MR) is 42.5 cm³/mol. The van der Waals surface area contributed by atoms with Crippen LogP contribution in [0.25, 0.3) is 0 Å². The van der Waals surface area contributed by atoms with Crippen LogP contribution < -0.4 is 5.32 Å². The smallest absolute Gasteiger partial charge is 0.106 e. The molecule has 0 spiro atoms. The van der Waals surface area contributed by atoms with E-state index in [2.05, 4.69) is 5.32 Å². The molecule has 0 aromatic rings. The molecule has 4 nitrogen and oxygen atoms in total. The fourth-order valence-corrected chi connectivity index (χ4v) is 2.34. The summed E-state index contributed by atoms with van der Waals surface area (Å²) in [6, 6.07) is 0.193. The highest BCUT2D eigenvalue weighted by Gasteiger charge is 2.44. The summed E-state index contributed by atoms with van der Waals surface area (Å²) in [7, 11) is 0. The lowest BCUT2D eigenvalue weighted by atomic mass is 9.79. The van der Waals surface area contributed by atoms with Crippen LogP contribution in [0.1, 0.15) is 12.8 Å². The van der Waals surface area contributed by atoms with E-state index < -0.39 is 18.3 Å². The van der Waals surface area contributed by atoms with Gasteiger partial charge >= 0.3 is 0 Å². The fraction of sp³-hybridized carbons (Fsp3) is 1.00. The maximum absolute atomic E-state index is 9.57. The van der Waals surface area contributed by atoms with E-state index >= 15 is 0 Å². The SMILES string of the molecule is O[C@H]1[C@H](O)[C@@H](O)C[C@@H]2NCC[C@H]12. The van der Waals surface area contributed by atoms with Gasteiger partial charge in [-0.05, 0) is 19.4 Å². The average molecular weight is 173 g/mol. The van der Waals surface area contributed by atoms with Gasteiger partial charge in [0, 0.05) is 12.0 Å². The van der Waals surface area contributed by atoms with Crippen molar-refractivity contribution in [1.82, 2.24) is 5.32 Å². The molecule has 2 aliphatic rings. The highest BCUT2D eigenvalue weighted by molar-refractivity contribution is 4.99. The van der Waals surface area contributed by atoms with Crippen molar-refractivity contribution in [3.63, 3.8) is 0 Å². The Kier molecular flexibility index (Phi) is 2.08. The topological polar surface area (TPSA) is 72.7 Å². The van der Waals surface area contributed by atoms with Crippen LogP contribution in [-0.4, -0.2) is 46.2 Å². The monoisotopic (exact) mass is 173 g/mol. The number of nitrogens with one attached hydrogen (secondary N) is 1. The number of hydrogen-bond acceptors (Lipinski definition) is 4. The lowest BCUT2D eigenvalue weighted by molar-refractivity contribution is -0.113. The Morgan fingerprint density at radius 1 is 1.08 bits per heavy atom. The molecule has 2 fully saturated rings. The number of rotatable bonds is 0. The molecule has 0 aromatic carbocycles. The third-order valence-corrected chi connectivity index (χ3v) is 3.08. The molecule has 4 N–H and O–H groups in total. The summed E-state index contributed by atoms with van der Waals surface area (Å²) in [6.07, 6.45) is -1.02. The molecule has 70 valence electrons. The van der Waals surface area contributed by atoms with Gasteiger partial charge in [-0.15, -0.1) is 0 Å². The molecule has 0 aromatic heterocycles. The van der Waals surface area contributed by atoms with Crippen LogP contribution in [0.3, 0.4) is 0 Å². The molecule has 2 rings (SSSR count). The van der Waals surface area contributed by atoms with Gasteiger partial charge in [0.05, 0.1) is 12.2 Å². The second-order valence-corrected chi connectivity index (χ2v) is 3.80. The van der Waals surface area contributed by atoms with Gasteiger partial charge in [0.2, 0.25) is 0 Å². The number of aliphatic hydroxyl groups excluding tert-OH is 3. The van der Waals surface area contributed by atoms with Crippen LogP contribution in [0.2, 0.25) is 0 Å². The van der Waals surface area contributed by atoms with Gasteiger partial charge in [0.25, 0.3) is 0 Å². The maximum Gasteiger partial charge on any atom is 0.106 e. The standard InChI is InChI=1S/C8H15NO3/c10-6-3-5-4(1-2-9-5)7(11)8(6)12/h4-12H,1-3H2/t4-,5-,6-,7+,8+/m0/s1. The summed E-state index contributed by atoms with van der Waals surface area (Å²) in [6.45, 7) is 0.881. The van der Waals surface area contributed by atoms with Crippen LogP contribution in [0.15, 0.2) is 0 Å². The molecular weight excluding hydrogens is 158 g/mol. The number of aliphatic hydroxyl groups is 3. The van der Waals surface area contributed by atoms with Crippen molar-refractivity contribution in [3.05, 3.63) is 0 Å². The summed E-state index contributed by atoms with van der Waals surface area (Å²) >= 11 is 0. The van der Waals surface area contributed by atoms with E-state index in [1.54, 1.807) is 0 Å². The Morgan fingerprint density at radius 2 is 1.83 bits per heavy atom. The second kappa shape index (κ2) is 2.96. The van der Waals surface area contributed by atoms with E-state index in [1.165, 1.54) is 0 Å². The van der Waals surface area contributed by atoms with Gasteiger partial charge in [0.1, 0.15) is 6.10 Å². The van der Waals surface area contributed by atoms with Crippen LogP contribution >= 0.6 is 0 Å². The Labute approximate surface area is 71.2 Å². The summed E-state index contributed by atoms with van der Waals surface area (Å²) in [5.41, 5.74) is 0. The van der Waals surface area contributed by atoms with Gasteiger partial charge in [-0.2, -0.15) is 0 Å².